The molecule has 0 bridgehead atoms. The summed E-state index contributed by atoms with van der Waals surface area (Å²) in [6.45, 7) is 5.29. The number of nitrogens with one attached hydrogen (secondary N) is 1. The number of fused-ring (bicyclic) bond motifs is 1. The Bertz CT molecular complexity index is 789. The number of aromatic amines is 1. The van der Waals surface area contributed by atoms with E-state index in [1.54, 1.807) is 0 Å². The summed E-state index contributed by atoms with van der Waals surface area (Å²) in [6.07, 6.45) is 6.20. The Balaban J connectivity index is 2.16. The van der Waals surface area contributed by atoms with E-state index in [1.165, 1.54) is 27.7 Å². The van der Waals surface area contributed by atoms with Gasteiger partial charge in [-0.15, -0.1) is 0 Å². The number of nitrogens with two attached hydrogens (primary N) is 1. The summed E-state index contributed by atoms with van der Waals surface area (Å²) in [5.74, 6) is 0.542. The second kappa shape index (κ2) is 7.63. The molecule has 0 radical (unpaired) electrons. The van der Waals surface area contributed by atoms with Crippen LogP contribution in [0, 0.1) is 0 Å². The second-order valence-corrected chi connectivity index (χ2v) is 6.52. The van der Waals surface area contributed by atoms with Crippen molar-refractivity contribution < 1.29 is 0 Å². The highest BCUT2D eigenvalue weighted by molar-refractivity contribution is 5.92. The van der Waals surface area contributed by atoms with Gasteiger partial charge in [-0.3, -0.25) is 4.98 Å². The predicted molar refractivity (Wildman–Crippen MR) is 102 cm³/mol. The van der Waals surface area contributed by atoms with E-state index in [2.05, 4.69) is 48.1 Å². The van der Waals surface area contributed by atoms with Gasteiger partial charge in [0.1, 0.15) is 0 Å². The summed E-state index contributed by atoms with van der Waals surface area (Å²) in [6, 6.07) is 12.8. The van der Waals surface area contributed by atoms with Crippen molar-refractivity contribution in [1.29, 1.82) is 0 Å². The van der Waals surface area contributed by atoms with Crippen LogP contribution in [0.5, 0.6) is 0 Å². The van der Waals surface area contributed by atoms with Crippen LogP contribution in [0.3, 0.4) is 0 Å². The van der Waals surface area contributed by atoms with Crippen LogP contribution in [0.1, 0.15) is 50.2 Å². The average Bonchev–Trinajstić information content (AvgIpc) is 3.01. The van der Waals surface area contributed by atoms with E-state index >= 15 is 0 Å². The number of aromatic nitrogens is 2. The minimum Gasteiger partial charge on any atom is -0.353 e. The zero-order valence-electron chi connectivity index (χ0n) is 14.7. The van der Waals surface area contributed by atoms with Gasteiger partial charge < -0.3 is 10.7 Å². The van der Waals surface area contributed by atoms with Gasteiger partial charge in [0.15, 0.2) is 0 Å². The molecule has 0 fully saturated rings. The molecule has 3 nitrogen and oxygen atoms in total. The van der Waals surface area contributed by atoms with Crippen LogP contribution in [0.4, 0.5) is 0 Å². The van der Waals surface area contributed by atoms with Crippen LogP contribution in [-0.4, -0.2) is 16.5 Å². The molecule has 126 valence electrons. The van der Waals surface area contributed by atoms with Crippen molar-refractivity contribution in [3.05, 3.63) is 53.7 Å². The highest BCUT2D eigenvalue weighted by atomic mass is 14.8. The molecule has 0 saturated heterocycles. The van der Waals surface area contributed by atoms with E-state index in [1.807, 2.05) is 18.3 Å². The predicted octanol–water partition coefficient (Wildman–Crippen LogP) is 5.02. The lowest BCUT2D eigenvalue weighted by Crippen LogP contribution is -1.99. The van der Waals surface area contributed by atoms with E-state index < -0.39 is 0 Å². The monoisotopic (exact) mass is 321 g/mol. The van der Waals surface area contributed by atoms with E-state index in [4.69, 9.17) is 5.73 Å². The van der Waals surface area contributed by atoms with Gasteiger partial charge in [0.25, 0.3) is 0 Å². The van der Waals surface area contributed by atoms with Gasteiger partial charge in [0, 0.05) is 17.1 Å². The van der Waals surface area contributed by atoms with Gasteiger partial charge in [-0.25, -0.2) is 0 Å². The molecule has 0 aliphatic heterocycles. The molecule has 1 atom stereocenters. The molecule has 2 aromatic heterocycles. The number of hydrogen-bond donors (Lipinski definition) is 2. The van der Waals surface area contributed by atoms with Gasteiger partial charge in [-0.2, -0.15) is 0 Å². The van der Waals surface area contributed by atoms with Crippen LogP contribution in [0.2, 0.25) is 0 Å². The maximum Gasteiger partial charge on any atom is 0.0867 e. The fourth-order valence-electron chi connectivity index (χ4n) is 3.36. The molecule has 3 rings (SSSR count). The van der Waals surface area contributed by atoms with Gasteiger partial charge in [-0.05, 0) is 61.4 Å². The summed E-state index contributed by atoms with van der Waals surface area (Å²) >= 11 is 0. The minimum atomic E-state index is 0.542. The van der Waals surface area contributed by atoms with Gasteiger partial charge in [0.05, 0.1) is 11.4 Å². The van der Waals surface area contributed by atoms with Crippen LogP contribution in [0.25, 0.3) is 22.3 Å². The quantitative estimate of drug-likeness (QED) is 0.600. The standard InChI is InChI=1S/C21H27N3/c1-3-15(2)16-10-8-11-17-18(9-4-6-13-22)21(24-20(16)17)19-12-5-7-14-23-19/h5,7-8,10-12,14-15,24H,3-4,6,9,13,22H2,1-2H3. The first kappa shape index (κ1) is 16.7. The smallest absolute Gasteiger partial charge is 0.0867 e. The van der Waals surface area contributed by atoms with Crippen molar-refractivity contribution in [1.82, 2.24) is 9.97 Å². The number of benzene rings is 1. The topological polar surface area (TPSA) is 54.7 Å². The third kappa shape index (κ3) is 3.22. The largest absolute Gasteiger partial charge is 0.353 e. The SMILES string of the molecule is CCC(C)c1cccc2c(CCCCN)c(-c3ccccn3)[nH]c12. The maximum atomic E-state index is 5.69. The summed E-state index contributed by atoms with van der Waals surface area (Å²) in [7, 11) is 0. The van der Waals surface area contributed by atoms with E-state index in [0.29, 0.717) is 5.92 Å². The summed E-state index contributed by atoms with van der Waals surface area (Å²) in [5, 5.41) is 1.34. The van der Waals surface area contributed by atoms with E-state index in [9.17, 15) is 0 Å². The fourth-order valence-corrected chi connectivity index (χ4v) is 3.36. The van der Waals surface area contributed by atoms with Crippen molar-refractivity contribution in [2.45, 2.75) is 45.4 Å². The Kier molecular flexibility index (Phi) is 5.31. The molecule has 0 saturated carbocycles. The van der Waals surface area contributed by atoms with Gasteiger partial charge in [0.2, 0.25) is 0 Å². The minimum absolute atomic E-state index is 0.542. The lowest BCUT2D eigenvalue weighted by atomic mass is 9.95. The van der Waals surface area contributed by atoms with Crippen molar-refractivity contribution >= 4 is 10.9 Å². The Morgan fingerprint density at radius 3 is 2.71 bits per heavy atom. The second-order valence-electron chi connectivity index (χ2n) is 6.52. The first-order chi connectivity index (χ1) is 11.8. The van der Waals surface area contributed by atoms with Crippen molar-refractivity contribution in [3.8, 4) is 11.4 Å². The molecule has 0 aliphatic carbocycles. The summed E-state index contributed by atoms with van der Waals surface area (Å²) in [5.41, 5.74) is 11.9. The third-order valence-electron chi connectivity index (χ3n) is 4.92. The highest BCUT2D eigenvalue weighted by Gasteiger charge is 2.17. The maximum absolute atomic E-state index is 5.69. The van der Waals surface area contributed by atoms with Crippen LogP contribution in [-0.2, 0) is 6.42 Å². The number of hydrogen-bond acceptors (Lipinski definition) is 2. The lowest BCUT2D eigenvalue weighted by Gasteiger charge is -2.10. The summed E-state index contributed by atoms with van der Waals surface area (Å²) < 4.78 is 0. The molecule has 3 N–H and O–H groups in total. The number of unbranched alkanes of at least 4 members (excludes halogenated alkanes) is 1. The zero-order chi connectivity index (χ0) is 16.9. The Hall–Kier alpha value is -2.13. The molecule has 1 unspecified atom stereocenters. The van der Waals surface area contributed by atoms with Crippen LogP contribution >= 0.6 is 0 Å². The van der Waals surface area contributed by atoms with Crippen molar-refractivity contribution in [3.63, 3.8) is 0 Å². The number of aryl methyl sites for hydroxylation is 1. The molecule has 3 aromatic rings. The van der Waals surface area contributed by atoms with E-state index in [0.717, 1.165) is 37.9 Å². The molecule has 1 aromatic carbocycles. The highest BCUT2D eigenvalue weighted by Crippen LogP contribution is 2.35. The molecule has 24 heavy (non-hydrogen) atoms. The fraction of sp³-hybridized carbons (Fsp3) is 0.381. The Morgan fingerprint density at radius 1 is 1.12 bits per heavy atom. The first-order valence-electron chi connectivity index (χ1n) is 9.01. The normalized spacial score (nSPS) is 12.6. The average molecular weight is 321 g/mol. The van der Waals surface area contributed by atoms with Gasteiger partial charge >= 0.3 is 0 Å². The van der Waals surface area contributed by atoms with Crippen molar-refractivity contribution in [2.24, 2.45) is 5.73 Å². The van der Waals surface area contributed by atoms with Crippen LogP contribution < -0.4 is 5.73 Å². The third-order valence-corrected chi connectivity index (χ3v) is 4.92. The van der Waals surface area contributed by atoms with Crippen molar-refractivity contribution in [2.75, 3.05) is 6.54 Å². The molecular formula is C21H27N3. The molecule has 0 spiro atoms. The number of rotatable bonds is 7. The van der Waals surface area contributed by atoms with Gasteiger partial charge in [-0.1, -0.05) is 38.1 Å². The summed E-state index contributed by atoms with van der Waals surface area (Å²) in [4.78, 5) is 8.27. The number of H-pyrrole nitrogens is 1. The number of nitrogens with zero attached hydrogens (tertiary/aromatic N) is 1. The number of pyridine rings is 1. The first-order valence-corrected chi connectivity index (χ1v) is 9.01. The molecule has 0 amide bonds. The number of para-hydroxylation sites is 1. The molecule has 2 heterocycles. The molecule has 0 aliphatic rings. The molecular weight excluding hydrogens is 294 g/mol. The van der Waals surface area contributed by atoms with E-state index in [-0.39, 0.29) is 0 Å². The lowest BCUT2D eigenvalue weighted by molar-refractivity contribution is 0.738. The zero-order valence-corrected chi connectivity index (χ0v) is 14.7. The Morgan fingerprint density at radius 2 is 2.00 bits per heavy atom. The molecule has 3 heteroatoms. The Labute approximate surface area is 144 Å². The van der Waals surface area contributed by atoms with Crippen LogP contribution in [0.15, 0.2) is 42.6 Å².